The Hall–Kier alpha value is -4.11. The molecule has 4 rings (SSSR count). The Morgan fingerprint density at radius 3 is 2.00 bits per heavy atom. The van der Waals surface area contributed by atoms with Crippen molar-refractivity contribution >= 4 is 33.0 Å². The molecule has 0 radical (unpaired) electrons. The molecule has 0 aliphatic heterocycles. The molecule has 0 saturated carbocycles. The molecule has 2 aromatic carbocycles. The van der Waals surface area contributed by atoms with Gasteiger partial charge in [-0.15, -0.1) is 0 Å². The highest BCUT2D eigenvalue weighted by molar-refractivity contribution is 7.90. The minimum atomic E-state index is -3.64. The Bertz CT molecular complexity index is 1320. The molecule has 0 atom stereocenters. The van der Waals surface area contributed by atoms with Crippen molar-refractivity contribution in [3.8, 4) is 0 Å². The molecule has 0 fully saturated rings. The third-order valence-corrected chi connectivity index (χ3v) is 6.23. The summed E-state index contributed by atoms with van der Waals surface area (Å²) in [4.78, 5) is 24.8. The van der Waals surface area contributed by atoms with E-state index in [0.29, 0.717) is 11.4 Å². The van der Waals surface area contributed by atoms with E-state index in [1.165, 1.54) is 30.7 Å². The molecule has 162 valence electrons. The van der Waals surface area contributed by atoms with Gasteiger partial charge in [-0.05, 0) is 54.6 Å². The lowest BCUT2D eigenvalue weighted by molar-refractivity contribution is 0.0988. The monoisotopic (exact) mass is 450 g/mol. The van der Waals surface area contributed by atoms with Crippen LogP contribution in [0.3, 0.4) is 0 Å². The van der Waals surface area contributed by atoms with Crippen LogP contribution >= 0.6 is 0 Å². The Kier molecular flexibility index (Phi) is 5.91. The molecule has 2 aromatic heterocycles. The summed E-state index contributed by atoms with van der Waals surface area (Å²) in [5, 5.41) is 5.33. The molecule has 2 N–H and O–H groups in total. The number of furan rings is 2. The summed E-state index contributed by atoms with van der Waals surface area (Å²) in [6, 6.07) is 19.0. The second kappa shape index (κ2) is 8.94. The van der Waals surface area contributed by atoms with E-state index in [9.17, 15) is 18.0 Å². The number of sulfone groups is 1. The van der Waals surface area contributed by atoms with Crippen molar-refractivity contribution in [2.75, 3.05) is 10.6 Å². The average molecular weight is 450 g/mol. The summed E-state index contributed by atoms with van der Waals surface area (Å²) in [5.41, 5.74) is 1.21. The van der Waals surface area contributed by atoms with Crippen molar-refractivity contribution in [3.63, 3.8) is 0 Å². The van der Waals surface area contributed by atoms with Crippen molar-refractivity contribution in [2.24, 2.45) is 0 Å². The van der Waals surface area contributed by atoms with E-state index in [0.717, 1.165) is 0 Å². The number of carbonyl (C=O) groups is 2. The van der Waals surface area contributed by atoms with E-state index in [1.54, 1.807) is 54.6 Å². The van der Waals surface area contributed by atoms with Crippen molar-refractivity contribution in [2.45, 2.75) is 10.6 Å². The van der Waals surface area contributed by atoms with Gasteiger partial charge in [-0.3, -0.25) is 9.59 Å². The molecule has 0 aliphatic rings. The molecular formula is C23H18N2O6S. The van der Waals surface area contributed by atoms with Crippen LogP contribution in [0.15, 0.2) is 99.1 Å². The topological polar surface area (TPSA) is 119 Å². The lowest BCUT2D eigenvalue weighted by Gasteiger charge is -2.08. The van der Waals surface area contributed by atoms with Crippen LogP contribution in [-0.4, -0.2) is 20.2 Å². The summed E-state index contributed by atoms with van der Waals surface area (Å²) >= 11 is 0. The van der Waals surface area contributed by atoms with Gasteiger partial charge in [-0.25, -0.2) is 8.42 Å². The smallest absolute Gasteiger partial charge is 0.291 e. The second-order valence-corrected chi connectivity index (χ2v) is 8.80. The van der Waals surface area contributed by atoms with Crippen LogP contribution in [0.5, 0.6) is 0 Å². The number of anilines is 2. The molecule has 32 heavy (non-hydrogen) atoms. The number of amides is 2. The maximum Gasteiger partial charge on any atom is 0.291 e. The largest absolute Gasteiger partial charge is 0.459 e. The van der Waals surface area contributed by atoms with E-state index < -0.39 is 21.7 Å². The first kappa shape index (κ1) is 21.1. The van der Waals surface area contributed by atoms with Crippen LogP contribution in [0.4, 0.5) is 11.4 Å². The lowest BCUT2D eigenvalue weighted by Crippen LogP contribution is -2.15. The first-order valence-electron chi connectivity index (χ1n) is 9.53. The second-order valence-electron chi connectivity index (χ2n) is 6.81. The molecule has 0 unspecified atom stereocenters. The molecule has 2 heterocycles. The maximum absolute atomic E-state index is 12.7. The van der Waals surface area contributed by atoms with Gasteiger partial charge in [0.25, 0.3) is 11.8 Å². The van der Waals surface area contributed by atoms with Gasteiger partial charge in [0.05, 0.1) is 23.2 Å². The quantitative estimate of drug-likeness (QED) is 0.432. The van der Waals surface area contributed by atoms with Gasteiger partial charge < -0.3 is 19.5 Å². The predicted octanol–water partition coefficient (Wildman–Crippen LogP) is 4.35. The Morgan fingerprint density at radius 2 is 1.38 bits per heavy atom. The van der Waals surface area contributed by atoms with E-state index in [-0.39, 0.29) is 27.7 Å². The Morgan fingerprint density at radius 1 is 0.719 bits per heavy atom. The molecule has 0 spiro atoms. The van der Waals surface area contributed by atoms with Crippen LogP contribution in [0.1, 0.15) is 26.7 Å². The molecular weight excluding hydrogens is 432 g/mol. The zero-order valence-electron chi connectivity index (χ0n) is 16.6. The van der Waals surface area contributed by atoms with Crippen molar-refractivity contribution < 1.29 is 26.8 Å². The molecule has 0 bridgehead atoms. The minimum Gasteiger partial charge on any atom is -0.459 e. The SMILES string of the molecule is O=C(Nc1ccc(NC(=O)c2occc2CS(=O)(=O)c2ccccc2)cc1)c1ccco1. The minimum absolute atomic E-state index is 0.0836. The molecule has 0 aliphatic carbocycles. The van der Waals surface area contributed by atoms with Crippen molar-refractivity contribution in [1.82, 2.24) is 0 Å². The summed E-state index contributed by atoms with van der Waals surface area (Å²) in [7, 11) is -3.64. The normalized spacial score (nSPS) is 11.1. The zero-order chi connectivity index (χ0) is 22.6. The summed E-state index contributed by atoms with van der Waals surface area (Å²) in [5.74, 6) is -1.25. The van der Waals surface area contributed by atoms with Gasteiger partial charge in [0, 0.05) is 16.9 Å². The van der Waals surface area contributed by atoms with Crippen LogP contribution in [0.25, 0.3) is 0 Å². The number of nitrogens with one attached hydrogen (secondary N) is 2. The summed E-state index contributed by atoms with van der Waals surface area (Å²) in [6.07, 6.45) is 2.68. The fourth-order valence-corrected chi connectivity index (χ4v) is 4.36. The summed E-state index contributed by atoms with van der Waals surface area (Å²) in [6.45, 7) is 0. The lowest BCUT2D eigenvalue weighted by atomic mass is 10.2. The van der Waals surface area contributed by atoms with Gasteiger partial charge in [-0.1, -0.05) is 18.2 Å². The van der Waals surface area contributed by atoms with Gasteiger partial charge in [0.1, 0.15) is 0 Å². The Balaban J connectivity index is 1.43. The number of benzene rings is 2. The van der Waals surface area contributed by atoms with Gasteiger partial charge >= 0.3 is 0 Å². The van der Waals surface area contributed by atoms with E-state index in [2.05, 4.69) is 10.6 Å². The number of carbonyl (C=O) groups excluding carboxylic acids is 2. The highest BCUT2D eigenvalue weighted by Gasteiger charge is 2.22. The van der Waals surface area contributed by atoms with Crippen LogP contribution in [0, 0.1) is 0 Å². The molecule has 2 amide bonds. The molecule has 4 aromatic rings. The average Bonchev–Trinajstić information content (AvgIpc) is 3.48. The fourth-order valence-electron chi connectivity index (χ4n) is 2.99. The van der Waals surface area contributed by atoms with Crippen molar-refractivity contribution in [3.05, 3.63) is 102 Å². The number of hydrogen-bond acceptors (Lipinski definition) is 6. The molecule has 9 heteroatoms. The van der Waals surface area contributed by atoms with Gasteiger partial charge in [0.15, 0.2) is 21.4 Å². The highest BCUT2D eigenvalue weighted by atomic mass is 32.2. The van der Waals surface area contributed by atoms with Gasteiger partial charge in [-0.2, -0.15) is 0 Å². The summed E-state index contributed by atoms with van der Waals surface area (Å²) < 4.78 is 35.5. The van der Waals surface area contributed by atoms with Crippen LogP contribution in [-0.2, 0) is 15.6 Å². The van der Waals surface area contributed by atoms with E-state index in [4.69, 9.17) is 8.83 Å². The number of hydrogen-bond donors (Lipinski definition) is 2. The third kappa shape index (κ3) is 4.79. The van der Waals surface area contributed by atoms with Gasteiger partial charge in [0.2, 0.25) is 0 Å². The van der Waals surface area contributed by atoms with Crippen LogP contribution in [0.2, 0.25) is 0 Å². The van der Waals surface area contributed by atoms with Crippen LogP contribution < -0.4 is 10.6 Å². The maximum atomic E-state index is 12.7. The molecule has 0 saturated heterocycles. The standard InChI is InChI=1S/C23H18N2O6S/c26-22(20-7-4-13-30-20)24-17-8-10-18(11-9-17)25-23(27)21-16(12-14-31-21)15-32(28,29)19-5-2-1-3-6-19/h1-14H,15H2,(H,24,26)(H,25,27). The van der Waals surface area contributed by atoms with E-state index >= 15 is 0 Å². The Labute approximate surface area is 183 Å². The van der Waals surface area contributed by atoms with Crippen molar-refractivity contribution in [1.29, 1.82) is 0 Å². The third-order valence-electron chi connectivity index (χ3n) is 4.55. The zero-order valence-corrected chi connectivity index (χ0v) is 17.5. The predicted molar refractivity (Wildman–Crippen MR) is 117 cm³/mol. The fraction of sp³-hybridized carbons (Fsp3) is 0.0435. The first-order chi connectivity index (χ1) is 15.4. The number of rotatable bonds is 7. The molecule has 8 nitrogen and oxygen atoms in total. The van der Waals surface area contributed by atoms with E-state index in [1.807, 2.05) is 0 Å². The first-order valence-corrected chi connectivity index (χ1v) is 11.2. The highest BCUT2D eigenvalue weighted by Crippen LogP contribution is 2.22.